The molecule has 20 heavy (non-hydrogen) atoms. The third kappa shape index (κ3) is 4.20. The van der Waals surface area contributed by atoms with Crippen molar-refractivity contribution in [1.29, 1.82) is 0 Å². The zero-order valence-electron chi connectivity index (χ0n) is 11.7. The van der Waals surface area contributed by atoms with Crippen molar-refractivity contribution < 1.29 is 9.21 Å². The minimum Gasteiger partial charge on any atom is -0.444 e. The van der Waals surface area contributed by atoms with E-state index in [1.54, 1.807) is 6.20 Å². The smallest absolute Gasteiger partial charge is 0.234 e. The Hall–Kier alpha value is -2.14. The van der Waals surface area contributed by atoms with Gasteiger partial charge >= 0.3 is 0 Å². The number of aryl methyl sites for hydroxylation is 1. The molecule has 0 spiro atoms. The highest BCUT2D eigenvalue weighted by molar-refractivity contribution is 5.78. The summed E-state index contributed by atoms with van der Waals surface area (Å²) in [5, 5.41) is 5.94. The second kappa shape index (κ2) is 6.86. The van der Waals surface area contributed by atoms with E-state index in [4.69, 9.17) is 4.42 Å². The maximum Gasteiger partial charge on any atom is 0.234 e. The lowest BCUT2D eigenvalue weighted by Gasteiger charge is -2.10. The monoisotopic (exact) mass is 273 g/mol. The number of amides is 1. The fraction of sp³-hybridized carbons (Fsp3) is 0.333. The van der Waals surface area contributed by atoms with Crippen molar-refractivity contribution in [3.8, 4) is 0 Å². The van der Waals surface area contributed by atoms with Gasteiger partial charge in [-0.1, -0.05) is 30.3 Å². The molecule has 0 bridgehead atoms. The Balaban J connectivity index is 1.72. The number of nitrogens with zero attached hydrogens (tertiary/aromatic N) is 1. The number of hydrogen-bond acceptors (Lipinski definition) is 4. The molecule has 2 N–H and O–H groups in total. The van der Waals surface area contributed by atoms with Crippen LogP contribution in [0.1, 0.15) is 30.2 Å². The number of carbonyl (C=O) groups is 1. The number of nitrogens with one attached hydrogen (secondary N) is 2. The molecule has 0 aliphatic heterocycles. The topological polar surface area (TPSA) is 67.2 Å². The lowest BCUT2D eigenvalue weighted by Crippen LogP contribution is -2.34. The van der Waals surface area contributed by atoms with E-state index in [1.165, 1.54) is 0 Å². The first kappa shape index (κ1) is 14.3. The summed E-state index contributed by atoms with van der Waals surface area (Å²) in [6.07, 6.45) is 1.67. The minimum absolute atomic E-state index is 0.0519. The minimum atomic E-state index is -0.0915. The molecular weight excluding hydrogens is 254 g/mol. The average molecular weight is 273 g/mol. The second-order valence-electron chi connectivity index (χ2n) is 4.67. The molecule has 0 aliphatic rings. The Morgan fingerprint density at radius 1 is 1.35 bits per heavy atom. The van der Waals surface area contributed by atoms with E-state index in [1.807, 2.05) is 44.2 Å². The summed E-state index contributed by atoms with van der Waals surface area (Å²) in [4.78, 5) is 15.9. The third-order valence-corrected chi connectivity index (χ3v) is 2.91. The summed E-state index contributed by atoms with van der Waals surface area (Å²) in [7, 11) is 0. The molecule has 0 aliphatic carbocycles. The zero-order valence-corrected chi connectivity index (χ0v) is 11.7. The maximum atomic E-state index is 11.7. The van der Waals surface area contributed by atoms with E-state index in [2.05, 4.69) is 15.6 Å². The zero-order chi connectivity index (χ0) is 14.4. The van der Waals surface area contributed by atoms with Gasteiger partial charge in [0.05, 0.1) is 18.8 Å². The predicted molar refractivity (Wildman–Crippen MR) is 75.9 cm³/mol. The Bertz CT molecular complexity index is 551. The largest absolute Gasteiger partial charge is 0.444 e. The maximum absolute atomic E-state index is 11.7. The second-order valence-corrected chi connectivity index (χ2v) is 4.67. The first-order chi connectivity index (χ1) is 9.65. The van der Waals surface area contributed by atoms with Crippen molar-refractivity contribution in [3.05, 3.63) is 53.7 Å². The van der Waals surface area contributed by atoms with Gasteiger partial charge < -0.3 is 9.73 Å². The number of hydrogen-bond donors (Lipinski definition) is 2. The normalized spacial score (nSPS) is 12.1. The number of aromatic nitrogens is 1. The highest BCUT2D eigenvalue weighted by Gasteiger charge is 2.12. The van der Waals surface area contributed by atoms with E-state index in [0.29, 0.717) is 12.4 Å². The van der Waals surface area contributed by atoms with Gasteiger partial charge in [-0.2, -0.15) is 0 Å². The molecule has 1 atom stereocenters. The molecule has 1 unspecified atom stereocenters. The fourth-order valence-corrected chi connectivity index (χ4v) is 1.76. The molecular formula is C15H19N3O2. The highest BCUT2D eigenvalue weighted by Crippen LogP contribution is 2.11. The summed E-state index contributed by atoms with van der Waals surface area (Å²) in [6, 6.07) is 9.72. The van der Waals surface area contributed by atoms with Crippen LogP contribution < -0.4 is 10.6 Å². The van der Waals surface area contributed by atoms with Crippen LogP contribution >= 0.6 is 0 Å². The summed E-state index contributed by atoms with van der Waals surface area (Å²) < 4.78 is 5.40. The number of oxazole rings is 1. The summed E-state index contributed by atoms with van der Waals surface area (Å²) in [5.74, 6) is 1.31. The molecule has 1 aromatic carbocycles. The highest BCUT2D eigenvalue weighted by atomic mass is 16.4. The summed E-state index contributed by atoms with van der Waals surface area (Å²) in [5.41, 5.74) is 1.08. The van der Waals surface area contributed by atoms with Crippen LogP contribution in [0.5, 0.6) is 0 Å². The Kier molecular flexibility index (Phi) is 4.90. The van der Waals surface area contributed by atoms with Gasteiger partial charge in [-0.3, -0.25) is 10.1 Å². The summed E-state index contributed by atoms with van der Waals surface area (Å²) in [6.45, 7) is 4.52. The van der Waals surface area contributed by atoms with E-state index >= 15 is 0 Å². The average Bonchev–Trinajstić information content (AvgIpc) is 2.90. The van der Waals surface area contributed by atoms with Gasteiger partial charge in [-0.15, -0.1) is 0 Å². The van der Waals surface area contributed by atoms with E-state index in [-0.39, 0.29) is 18.5 Å². The van der Waals surface area contributed by atoms with Crippen LogP contribution in [0.3, 0.4) is 0 Å². The van der Waals surface area contributed by atoms with Gasteiger partial charge in [-0.25, -0.2) is 4.98 Å². The van der Waals surface area contributed by atoms with Gasteiger partial charge in [0.2, 0.25) is 11.8 Å². The van der Waals surface area contributed by atoms with Crippen molar-refractivity contribution in [3.63, 3.8) is 0 Å². The first-order valence-corrected chi connectivity index (χ1v) is 6.61. The molecule has 1 amide bonds. The molecule has 0 radical (unpaired) electrons. The fourth-order valence-electron chi connectivity index (χ4n) is 1.76. The quantitative estimate of drug-likeness (QED) is 0.844. The van der Waals surface area contributed by atoms with Gasteiger partial charge in [0.15, 0.2) is 0 Å². The number of carbonyl (C=O) groups excluding carboxylic acids is 1. The molecule has 0 fully saturated rings. The van der Waals surface area contributed by atoms with Crippen molar-refractivity contribution in [2.75, 3.05) is 6.54 Å². The van der Waals surface area contributed by atoms with Crippen molar-refractivity contribution >= 4 is 5.91 Å². The SMILES string of the molecule is Cc1cnc(C(C)NCC(=O)NCc2ccccc2)o1. The molecule has 0 saturated carbocycles. The number of benzene rings is 1. The van der Waals surface area contributed by atoms with Crippen LogP contribution in [0.2, 0.25) is 0 Å². The van der Waals surface area contributed by atoms with Crippen LogP contribution in [0.25, 0.3) is 0 Å². The van der Waals surface area contributed by atoms with Crippen molar-refractivity contribution in [2.24, 2.45) is 0 Å². The van der Waals surface area contributed by atoms with Crippen LogP contribution in [0, 0.1) is 6.92 Å². The Morgan fingerprint density at radius 2 is 2.10 bits per heavy atom. The number of rotatable bonds is 6. The van der Waals surface area contributed by atoms with Crippen molar-refractivity contribution in [2.45, 2.75) is 26.4 Å². The predicted octanol–water partition coefficient (Wildman–Crippen LogP) is 1.95. The first-order valence-electron chi connectivity index (χ1n) is 6.61. The van der Waals surface area contributed by atoms with Crippen molar-refractivity contribution in [1.82, 2.24) is 15.6 Å². The Labute approximate surface area is 118 Å². The van der Waals surface area contributed by atoms with Gasteiger partial charge in [0.1, 0.15) is 5.76 Å². The van der Waals surface area contributed by atoms with E-state index in [0.717, 1.165) is 11.3 Å². The molecule has 0 saturated heterocycles. The van der Waals surface area contributed by atoms with Gasteiger partial charge in [0, 0.05) is 6.54 Å². The summed E-state index contributed by atoms with van der Waals surface area (Å²) >= 11 is 0. The van der Waals surface area contributed by atoms with E-state index < -0.39 is 0 Å². The van der Waals surface area contributed by atoms with E-state index in [9.17, 15) is 4.79 Å². The Morgan fingerprint density at radius 3 is 2.75 bits per heavy atom. The molecule has 5 heteroatoms. The van der Waals surface area contributed by atoms with Gasteiger partial charge in [0.25, 0.3) is 0 Å². The lowest BCUT2D eigenvalue weighted by molar-refractivity contribution is -0.120. The van der Waals surface area contributed by atoms with Crippen LogP contribution in [0.4, 0.5) is 0 Å². The van der Waals surface area contributed by atoms with Gasteiger partial charge in [-0.05, 0) is 19.4 Å². The molecule has 5 nitrogen and oxygen atoms in total. The third-order valence-electron chi connectivity index (χ3n) is 2.91. The van der Waals surface area contributed by atoms with Crippen LogP contribution in [-0.4, -0.2) is 17.4 Å². The van der Waals surface area contributed by atoms with Crippen LogP contribution in [-0.2, 0) is 11.3 Å². The molecule has 1 aromatic heterocycles. The lowest BCUT2D eigenvalue weighted by atomic mass is 10.2. The molecule has 106 valence electrons. The molecule has 2 rings (SSSR count). The van der Waals surface area contributed by atoms with Crippen LogP contribution in [0.15, 0.2) is 40.9 Å². The standard InChI is InChI=1S/C15H19N3O2/c1-11-8-18-15(20-11)12(2)16-10-14(19)17-9-13-6-4-3-5-7-13/h3-8,12,16H,9-10H2,1-2H3,(H,17,19). The molecule has 2 aromatic rings. The molecule has 1 heterocycles.